The Labute approximate surface area is 99.4 Å². The van der Waals surface area contributed by atoms with Crippen LogP contribution in [0.1, 0.15) is 5.56 Å². The highest BCUT2D eigenvalue weighted by molar-refractivity contribution is 9.10. The molecule has 0 aliphatic rings. The minimum Gasteiger partial charge on any atom is -0.380 e. The molecule has 0 radical (unpaired) electrons. The maximum Gasteiger partial charge on any atom is 0.0733 e. The van der Waals surface area contributed by atoms with Gasteiger partial charge in [0.25, 0.3) is 0 Å². The van der Waals surface area contributed by atoms with Gasteiger partial charge in [0.1, 0.15) is 0 Å². The molecule has 0 fully saturated rings. The van der Waals surface area contributed by atoms with Gasteiger partial charge in [-0.2, -0.15) is 0 Å². The maximum absolute atomic E-state index is 5.53. The van der Waals surface area contributed by atoms with Crippen molar-refractivity contribution in [1.29, 1.82) is 0 Å². The Hall–Kier alpha value is -0.0900. The second kappa shape index (κ2) is 7.23. The summed E-state index contributed by atoms with van der Waals surface area (Å²) < 4.78 is 6.29. The normalized spacial score (nSPS) is 11.9. The molecule has 14 heavy (non-hydrogen) atoms. The molecule has 0 aromatic heterocycles. The Bertz CT molecular complexity index is 249. The molecule has 0 saturated carbocycles. The lowest BCUT2D eigenvalue weighted by atomic mass is 10.1. The Morgan fingerprint density at radius 1 is 1.36 bits per heavy atom. The molecule has 0 heterocycles. The van der Waals surface area contributed by atoms with Gasteiger partial charge in [0.05, 0.1) is 6.10 Å². The molecule has 80 valence electrons. The minimum absolute atomic E-state index is 0. The molecule has 0 amide bonds. The second-order valence-electron chi connectivity index (χ2n) is 2.92. The van der Waals surface area contributed by atoms with E-state index in [-0.39, 0.29) is 18.5 Å². The third-order valence-electron chi connectivity index (χ3n) is 1.97. The molecule has 1 aromatic rings. The van der Waals surface area contributed by atoms with E-state index in [0.717, 1.165) is 10.9 Å². The highest BCUT2D eigenvalue weighted by Crippen LogP contribution is 2.12. The van der Waals surface area contributed by atoms with Gasteiger partial charge in [-0.05, 0) is 24.1 Å². The lowest BCUT2D eigenvalue weighted by molar-refractivity contribution is 0.110. The van der Waals surface area contributed by atoms with E-state index in [1.165, 1.54) is 5.56 Å². The smallest absolute Gasteiger partial charge is 0.0733 e. The molecule has 2 nitrogen and oxygen atoms in total. The van der Waals surface area contributed by atoms with E-state index in [4.69, 9.17) is 10.5 Å². The maximum atomic E-state index is 5.53. The Morgan fingerprint density at radius 2 is 1.93 bits per heavy atom. The number of hydrogen-bond acceptors (Lipinski definition) is 2. The molecule has 1 rings (SSSR count). The van der Waals surface area contributed by atoms with Crippen LogP contribution in [0, 0.1) is 0 Å². The number of benzene rings is 1. The number of halogens is 2. The standard InChI is InChI=1S/C10H14BrNO.ClH/c1-13-10(7-12)6-8-2-4-9(11)5-3-8;/h2-5,10H,6-7,12H2,1H3;1H. The van der Waals surface area contributed by atoms with Crippen molar-refractivity contribution in [3.8, 4) is 0 Å². The van der Waals surface area contributed by atoms with Crippen molar-refractivity contribution >= 4 is 28.3 Å². The van der Waals surface area contributed by atoms with Gasteiger partial charge in [0.15, 0.2) is 0 Å². The first-order valence-corrected chi connectivity index (χ1v) is 5.03. The predicted molar refractivity (Wildman–Crippen MR) is 64.9 cm³/mol. The summed E-state index contributed by atoms with van der Waals surface area (Å²) >= 11 is 3.39. The van der Waals surface area contributed by atoms with Crippen LogP contribution < -0.4 is 5.73 Å². The van der Waals surface area contributed by atoms with E-state index in [0.29, 0.717) is 6.54 Å². The largest absolute Gasteiger partial charge is 0.380 e. The number of hydrogen-bond donors (Lipinski definition) is 1. The summed E-state index contributed by atoms with van der Waals surface area (Å²) in [5, 5.41) is 0. The lowest BCUT2D eigenvalue weighted by Crippen LogP contribution is -2.24. The first kappa shape index (κ1) is 13.9. The fourth-order valence-corrected chi connectivity index (χ4v) is 1.41. The number of ether oxygens (including phenoxy) is 1. The molecular formula is C10H15BrClNO. The number of rotatable bonds is 4. The van der Waals surface area contributed by atoms with E-state index in [9.17, 15) is 0 Å². The van der Waals surface area contributed by atoms with Crippen LogP contribution in [0.25, 0.3) is 0 Å². The zero-order valence-electron chi connectivity index (χ0n) is 8.07. The van der Waals surface area contributed by atoms with Crippen LogP contribution in [-0.4, -0.2) is 19.8 Å². The van der Waals surface area contributed by atoms with Crippen LogP contribution >= 0.6 is 28.3 Å². The van der Waals surface area contributed by atoms with Crippen LogP contribution in [0.5, 0.6) is 0 Å². The summed E-state index contributed by atoms with van der Waals surface area (Å²) in [6, 6.07) is 8.20. The monoisotopic (exact) mass is 279 g/mol. The molecule has 2 N–H and O–H groups in total. The predicted octanol–water partition coefficient (Wildman–Crippen LogP) is 2.39. The third-order valence-corrected chi connectivity index (χ3v) is 2.50. The summed E-state index contributed by atoms with van der Waals surface area (Å²) in [6.07, 6.45) is 1.00. The average molecular weight is 281 g/mol. The van der Waals surface area contributed by atoms with Crippen LogP contribution in [0.2, 0.25) is 0 Å². The highest BCUT2D eigenvalue weighted by Gasteiger charge is 2.05. The molecule has 1 unspecified atom stereocenters. The third kappa shape index (κ3) is 4.42. The highest BCUT2D eigenvalue weighted by atomic mass is 79.9. The lowest BCUT2D eigenvalue weighted by Gasteiger charge is -2.12. The van der Waals surface area contributed by atoms with E-state index in [1.807, 2.05) is 12.1 Å². The molecule has 0 aliphatic carbocycles. The average Bonchev–Trinajstić information content (AvgIpc) is 2.17. The van der Waals surface area contributed by atoms with Gasteiger partial charge in [-0.25, -0.2) is 0 Å². The van der Waals surface area contributed by atoms with Gasteiger partial charge in [0, 0.05) is 18.1 Å². The zero-order valence-corrected chi connectivity index (χ0v) is 10.5. The first-order valence-electron chi connectivity index (χ1n) is 4.23. The van der Waals surface area contributed by atoms with Crippen LogP contribution in [0.4, 0.5) is 0 Å². The Kier molecular flexibility index (Phi) is 7.19. The van der Waals surface area contributed by atoms with E-state index >= 15 is 0 Å². The molecule has 4 heteroatoms. The molecule has 0 saturated heterocycles. The van der Waals surface area contributed by atoms with Gasteiger partial charge in [0.2, 0.25) is 0 Å². The molecule has 0 bridgehead atoms. The molecule has 1 aromatic carbocycles. The Morgan fingerprint density at radius 3 is 2.36 bits per heavy atom. The van der Waals surface area contributed by atoms with E-state index in [1.54, 1.807) is 7.11 Å². The minimum atomic E-state index is 0. The van der Waals surface area contributed by atoms with Crippen molar-refractivity contribution in [2.45, 2.75) is 12.5 Å². The summed E-state index contributed by atoms with van der Waals surface area (Å²) in [5.41, 5.74) is 6.78. The van der Waals surface area contributed by atoms with Crippen molar-refractivity contribution < 1.29 is 4.74 Å². The van der Waals surface area contributed by atoms with Gasteiger partial charge in [-0.1, -0.05) is 28.1 Å². The van der Waals surface area contributed by atoms with Gasteiger partial charge in [-0.3, -0.25) is 0 Å². The van der Waals surface area contributed by atoms with E-state index < -0.39 is 0 Å². The van der Waals surface area contributed by atoms with Gasteiger partial charge in [-0.15, -0.1) is 12.4 Å². The van der Waals surface area contributed by atoms with Crippen molar-refractivity contribution in [3.63, 3.8) is 0 Å². The van der Waals surface area contributed by atoms with Crippen LogP contribution in [0.15, 0.2) is 28.7 Å². The first-order chi connectivity index (χ1) is 6.26. The summed E-state index contributed by atoms with van der Waals surface area (Å²) in [4.78, 5) is 0. The second-order valence-corrected chi connectivity index (χ2v) is 3.84. The summed E-state index contributed by atoms with van der Waals surface area (Å²) in [6.45, 7) is 0.562. The van der Waals surface area contributed by atoms with Crippen molar-refractivity contribution in [2.75, 3.05) is 13.7 Å². The SMILES string of the molecule is COC(CN)Cc1ccc(Br)cc1.Cl. The zero-order chi connectivity index (χ0) is 9.68. The van der Waals surface area contributed by atoms with Crippen LogP contribution in [-0.2, 0) is 11.2 Å². The molecule has 0 aliphatic heterocycles. The van der Waals surface area contributed by atoms with Gasteiger partial charge >= 0.3 is 0 Å². The number of methoxy groups -OCH3 is 1. The van der Waals surface area contributed by atoms with Crippen molar-refractivity contribution in [3.05, 3.63) is 34.3 Å². The summed E-state index contributed by atoms with van der Waals surface area (Å²) in [7, 11) is 1.69. The Balaban J connectivity index is 0.00000169. The van der Waals surface area contributed by atoms with Gasteiger partial charge < -0.3 is 10.5 Å². The molecular weight excluding hydrogens is 265 g/mol. The quantitative estimate of drug-likeness (QED) is 0.919. The van der Waals surface area contributed by atoms with Crippen LogP contribution in [0.3, 0.4) is 0 Å². The summed E-state index contributed by atoms with van der Waals surface area (Å²) in [5.74, 6) is 0. The topological polar surface area (TPSA) is 35.2 Å². The fraction of sp³-hybridized carbons (Fsp3) is 0.400. The fourth-order valence-electron chi connectivity index (χ4n) is 1.15. The molecule has 1 atom stereocenters. The molecule has 0 spiro atoms. The van der Waals surface area contributed by atoms with Crippen molar-refractivity contribution in [1.82, 2.24) is 0 Å². The van der Waals surface area contributed by atoms with Crippen molar-refractivity contribution in [2.24, 2.45) is 5.73 Å². The number of nitrogens with two attached hydrogens (primary N) is 1. The van der Waals surface area contributed by atoms with E-state index in [2.05, 4.69) is 28.1 Å².